The summed E-state index contributed by atoms with van der Waals surface area (Å²) in [6.07, 6.45) is 24.5. The lowest BCUT2D eigenvalue weighted by Gasteiger charge is -2.27. The standard InChI is InChI=1S/C55H99NO14/c1-8-12-16-20-24-28-32-48(57)64-40-46(41-65-49(58)33-29-25-21-17-13-9-2)44-68-52(61)36-38-56(54(63)70-55(5,6)7)39-37-53(62)69-45-47(42-66-50(59)34-30-26-22-18-14-10-3)43-67-51(60)35-31-27-23-19-15-11-4/h46-47H,8-45H2,1-7H3. The zero-order chi connectivity index (χ0) is 52.1. The number of hydrogen-bond donors (Lipinski definition) is 0. The maximum atomic E-state index is 13.3. The van der Waals surface area contributed by atoms with Crippen LogP contribution in [0.2, 0.25) is 0 Å². The number of unbranched alkanes of at least 4 members (excludes halogenated alkanes) is 20. The van der Waals surface area contributed by atoms with Crippen LogP contribution in [0, 0.1) is 11.8 Å². The lowest BCUT2D eigenvalue weighted by molar-refractivity contribution is -0.156. The summed E-state index contributed by atoms with van der Waals surface area (Å²) in [5, 5.41) is 0. The van der Waals surface area contributed by atoms with Gasteiger partial charge < -0.3 is 38.1 Å². The van der Waals surface area contributed by atoms with Gasteiger partial charge in [0.05, 0.1) is 24.7 Å². The van der Waals surface area contributed by atoms with Crippen molar-refractivity contribution in [1.82, 2.24) is 4.90 Å². The van der Waals surface area contributed by atoms with Crippen LogP contribution in [0.5, 0.6) is 0 Å². The first-order chi connectivity index (χ1) is 33.6. The monoisotopic (exact) mass is 998 g/mol. The Bertz CT molecular complexity index is 1230. The van der Waals surface area contributed by atoms with Crippen LogP contribution < -0.4 is 0 Å². The highest BCUT2D eigenvalue weighted by Crippen LogP contribution is 2.15. The third-order valence-electron chi connectivity index (χ3n) is 11.6. The Balaban J connectivity index is 5.49. The van der Waals surface area contributed by atoms with E-state index in [1.807, 2.05) is 0 Å². The zero-order valence-electron chi connectivity index (χ0n) is 45.2. The number of carbonyl (C=O) groups excluding carboxylic acids is 7. The first-order valence-corrected chi connectivity index (χ1v) is 27.5. The molecule has 15 nitrogen and oxygen atoms in total. The van der Waals surface area contributed by atoms with Gasteiger partial charge in [-0.3, -0.25) is 28.8 Å². The Kier molecular flexibility index (Phi) is 42.5. The molecule has 0 radical (unpaired) electrons. The van der Waals surface area contributed by atoms with Crippen molar-refractivity contribution in [2.24, 2.45) is 11.8 Å². The molecule has 0 N–H and O–H groups in total. The van der Waals surface area contributed by atoms with Crippen LogP contribution in [0.1, 0.15) is 241 Å². The number of esters is 6. The van der Waals surface area contributed by atoms with Gasteiger partial charge in [0.1, 0.15) is 45.2 Å². The van der Waals surface area contributed by atoms with E-state index >= 15 is 0 Å². The molecule has 0 aromatic rings. The SMILES string of the molecule is CCCCCCCCC(=O)OCC(COC(=O)CCCCCCCC)COC(=O)CCN(CCC(=O)OCC(COC(=O)CCCCCCCC)COC(=O)CCCCCCCC)C(=O)OC(C)(C)C. The van der Waals surface area contributed by atoms with E-state index in [-0.39, 0.29) is 115 Å². The number of rotatable bonds is 46. The van der Waals surface area contributed by atoms with Gasteiger partial charge in [-0.25, -0.2) is 4.79 Å². The lowest BCUT2D eigenvalue weighted by atomic mass is 10.1. The molecule has 0 saturated heterocycles. The average Bonchev–Trinajstić information content (AvgIpc) is 3.32. The van der Waals surface area contributed by atoms with Crippen LogP contribution in [0.4, 0.5) is 4.79 Å². The fraction of sp³-hybridized carbons (Fsp3) is 0.873. The van der Waals surface area contributed by atoms with Crippen molar-refractivity contribution in [2.75, 3.05) is 52.7 Å². The molecule has 0 rings (SSSR count). The second-order valence-corrected chi connectivity index (χ2v) is 19.9. The molecule has 0 bridgehead atoms. The summed E-state index contributed by atoms with van der Waals surface area (Å²) in [6.45, 7) is 12.7. The molecule has 15 heteroatoms. The molecular weight excluding hydrogens is 899 g/mol. The van der Waals surface area contributed by atoms with E-state index in [0.29, 0.717) is 0 Å². The molecule has 0 aromatic heterocycles. The highest BCUT2D eigenvalue weighted by atomic mass is 16.6. The Morgan fingerprint density at radius 1 is 0.329 bits per heavy atom. The number of ether oxygens (including phenoxy) is 7. The minimum atomic E-state index is -0.866. The Hall–Kier alpha value is -3.91. The largest absolute Gasteiger partial charge is 0.465 e. The number of carbonyl (C=O) groups is 7. The predicted molar refractivity (Wildman–Crippen MR) is 272 cm³/mol. The molecule has 0 aliphatic rings. The summed E-state index contributed by atoms with van der Waals surface area (Å²) in [7, 11) is 0. The summed E-state index contributed by atoms with van der Waals surface area (Å²) < 4.78 is 38.8. The van der Waals surface area contributed by atoms with Gasteiger partial charge in [-0.15, -0.1) is 0 Å². The summed E-state index contributed by atoms with van der Waals surface area (Å²) in [6, 6.07) is 0. The maximum absolute atomic E-state index is 13.3. The van der Waals surface area contributed by atoms with Crippen molar-refractivity contribution in [3.63, 3.8) is 0 Å². The van der Waals surface area contributed by atoms with Crippen molar-refractivity contribution in [3.8, 4) is 0 Å². The van der Waals surface area contributed by atoms with E-state index in [0.717, 1.165) is 128 Å². The Morgan fingerprint density at radius 3 is 0.771 bits per heavy atom. The van der Waals surface area contributed by atoms with Gasteiger partial charge in [-0.05, 0) is 46.5 Å². The van der Waals surface area contributed by atoms with Crippen LogP contribution >= 0.6 is 0 Å². The maximum Gasteiger partial charge on any atom is 0.410 e. The quantitative estimate of drug-likeness (QED) is 0.0318. The van der Waals surface area contributed by atoms with Crippen molar-refractivity contribution in [3.05, 3.63) is 0 Å². The molecule has 0 heterocycles. The fourth-order valence-corrected chi connectivity index (χ4v) is 7.26. The first-order valence-electron chi connectivity index (χ1n) is 27.5. The normalized spacial score (nSPS) is 11.3. The van der Waals surface area contributed by atoms with Crippen molar-refractivity contribution >= 4 is 41.9 Å². The molecule has 408 valence electrons. The van der Waals surface area contributed by atoms with Crippen LogP contribution in [-0.2, 0) is 61.9 Å². The van der Waals surface area contributed by atoms with Crippen LogP contribution in [0.3, 0.4) is 0 Å². The van der Waals surface area contributed by atoms with E-state index in [1.165, 1.54) is 30.6 Å². The average molecular weight is 998 g/mol. The molecule has 1 amide bonds. The molecule has 0 fully saturated rings. The molecule has 0 aliphatic carbocycles. The summed E-state index contributed by atoms with van der Waals surface area (Å²) in [4.78, 5) is 91.0. The molecule has 70 heavy (non-hydrogen) atoms. The van der Waals surface area contributed by atoms with Crippen LogP contribution in [-0.4, -0.2) is 105 Å². The molecule has 0 spiro atoms. The van der Waals surface area contributed by atoms with E-state index in [4.69, 9.17) is 33.2 Å². The van der Waals surface area contributed by atoms with Gasteiger partial charge in [-0.2, -0.15) is 0 Å². The Labute approximate surface area is 423 Å². The van der Waals surface area contributed by atoms with Crippen molar-refractivity contribution in [2.45, 2.75) is 247 Å². The third kappa shape index (κ3) is 42.9. The topological polar surface area (TPSA) is 187 Å². The van der Waals surface area contributed by atoms with E-state index in [9.17, 15) is 33.6 Å². The highest BCUT2D eigenvalue weighted by Gasteiger charge is 2.25. The van der Waals surface area contributed by atoms with Crippen molar-refractivity contribution in [1.29, 1.82) is 0 Å². The van der Waals surface area contributed by atoms with E-state index in [1.54, 1.807) is 20.8 Å². The van der Waals surface area contributed by atoms with E-state index < -0.39 is 35.5 Å². The third-order valence-corrected chi connectivity index (χ3v) is 11.6. The van der Waals surface area contributed by atoms with Gasteiger partial charge >= 0.3 is 41.9 Å². The highest BCUT2D eigenvalue weighted by molar-refractivity contribution is 5.74. The molecule has 0 saturated carbocycles. The predicted octanol–water partition coefficient (Wildman–Crippen LogP) is 12.5. The first kappa shape index (κ1) is 66.1. The number of amides is 1. The number of nitrogens with zero attached hydrogens (tertiary/aromatic N) is 1. The summed E-state index contributed by atoms with van der Waals surface area (Å²) >= 11 is 0. The van der Waals surface area contributed by atoms with Gasteiger partial charge in [-0.1, -0.05) is 156 Å². The second kappa shape index (κ2) is 45.0. The van der Waals surface area contributed by atoms with Crippen LogP contribution in [0.15, 0.2) is 0 Å². The van der Waals surface area contributed by atoms with Gasteiger partial charge in [0.15, 0.2) is 0 Å². The summed E-state index contributed by atoms with van der Waals surface area (Å²) in [5.74, 6) is -3.96. The lowest BCUT2D eigenvalue weighted by Crippen LogP contribution is -2.39. The van der Waals surface area contributed by atoms with Gasteiger partial charge in [0.25, 0.3) is 0 Å². The smallest absolute Gasteiger partial charge is 0.410 e. The minimum Gasteiger partial charge on any atom is -0.465 e. The minimum absolute atomic E-state index is 0.0947. The molecule has 0 unspecified atom stereocenters. The zero-order valence-corrected chi connectivity index (χ0v) is 45.2. The molecule has 0 atom stereocenters. The number of hydrogen-bond acceptors (Lipinski definition) is 14. The van der Waals surface area contributed by atoms with E-state index in [2.05, 4.69) is 27.7 Å². The van der Waals surface area contributed by atoms with Crippen molar-refractivity contribution < 1.29 is 66.7 Å². The molecule has 0 aromatic carbocycles. The molecular formula is C55H99NO14. The van der Waals surface area contributed by atoms with Gasteiger partial charge in [0, 0.05) is 38.8 Å². The fourth-order valence-electron chi connectivity index (χ4n) is 7.26. The van der Waals surface area contributed by atoms with Gasteiger partial charge in [0.2, 0.25) is 0 Å². The molecule has 0 aliphatic heterocycles. The Morgan fingerprint density at radius 2 is 0.543 bits per heavy atom. The summed E-state index contributed by atoms with van der Waals surface area (Å²) in [5.41, 5.74) is -0.866. The second-order valence-electron chi connectivity index (χ2n) is 19.9. The van der Waals surface area contributed by atoms with Crippen LogP contribution in [0.25, 0.3) is 0 Å².